The van der Waals surface area contributed by atoms with Gasteiger partial charge in [0.2, 0.25) is 0 Å². The van der Waals surface area contributed by atoms with Gasteiger partial charge in [-0.05, 0) is 0 Å². The van der Waals surface area contributed by atoms with Crippen molar-refractivity contribution in [3.05, 3.63) is 96.2 Å². The molecule has 0 aromatic carbocycles. The van der Waals surface area contributed by atoms with Crippen LogP contribution in [0, 0.1) is 24.3 Å². The number of hydrogen-bond donors (Lipinski definition) is 0. The maximum atomic E-state index is 3.30. The van der Waals surface area contributed by atoms with Crippen LogP contribution in [0.3, 0.4) is 0 Å². The van der Waals surface area contributed by atoms with Crippen molar-refractivity contribution in [2.75, 3.05) is 0 Å². The molecule has 0 heterocycles. The van der Waals surface area contributed by atoms with Crippen LogP contribution in [0.4, 0.5) is 0 Å². The summed E-state index contributed by atoms with van der Waals surface area (Å²) in [6.07, 6.45) is 45.1. The number of rotatable bonds is 6. The van der Waals surface area contributed by atoms with Crippen molar-refractivity contribution in [3.8, 4) is 0 Å². The smallest absolute Gasteiger partial charge is 1.00 e. The van der Waals surface area contributed by atoms with Gasteiger partial charge in [-0.25, -0.2) is 47.6 Å². The van der Waals surface area contributed by atoms with Gasteiger partial charge in [-0.2, -0.15) is 24.3 Å². The Morgan fingerprint density at radius 3 is 1.22 bits per heavy atom. The zero-order valence-electron chi connectivity index (χ0n) is 19.6. The van der Waals surface area contributed by atoms with E-state index in [9.17, 15) is 0 Å². The van der Waals surface area contributed by atoms with E-state index in [0.717, 1.165) is 25.7 Å². The summed E-state index contributed by atoms with van der Waals surface area (Å²) in [7, 11) is 0. The summed E-state index contributed by atoms with van der Waals surface area (Å²) in [6.45, 7) is 4.44. The van der Waals surface area contributed by atoms with Gasteiger partial charge in [0, 0.05) is 0 Å². The normalized spacial score (nSPS) is 14.7. The van der Waals surface area contributed by atoms with Crippen LogP contribution >= 0.6 is 0 Å². The van der Waals surface area contributed by atoms with Crippen LogP contribution in [0.25, 0.3) is 0 Å². The molecule has 0 nitrogen and oxygen atoms in total. The van der Waals surface area contributed by atoms with E-state index in [-0.39, 0.29) is 68.2 Å². The fourth-order valence-corrected chi connectivity index (χ4v) is 2.66. The fourth-order valence-electron chi connectivity index (χ4n) is 2.66. The summed E-state index contributed by atoms with van der Waals surface area (Å²) in [5.74, 6) is 0. The Labute approximate surface area is 240 Å². The van der Waals surface area contributed by atoms with Crippen LogP contribution < -0.4 is 24.8 Å². The zero-order chi connectivity index (χ0) is 20.1. The standard InChI is InChI=1S/2C9H13.2C5H5.2ClH.2Ti/c2*1-2-3-6-9-7-4-5-8-9;2*1-2-4-5-3-1;;;;/h2*4,7H,2-3,5-6H2,1H3;2*1-3H,4H2;2*1H;;/q4*-1;;;2*+2/p-2. The molecule has 0 amide bonds. The van der Waals surface area contributed by atoms with Gasteiger partial charge >= 0.3 is 43.4 Å². The van der Waals surface area contributed by atoms with E-state index >= 15 is 0 Å². The molecule has 0 N–H and O–H groups in total. The predicted molar refractivity (Wildman–Crippen MR) is 123 cm³/mol. The van der Waals surface area contributed by atoms with Crippen LogP contribution in [0.15, 0.2) is 71.9 Å². The quantitative estimate of drug-likeness (QED) is 0.360. The average Bonchev–Trinajstić information content (AvgIpc) is 3.57. The van der Waals surface area contributed by atoms with E-state index in [2.05, 4.69) is 74.6 Å². The third-order valence-electron chi connectivity index (χ3n) is 4.30. The molecular weight excluding hydrogens is 503 g/mol. The van der Waals surface area contributed by atoms with Crippen molar-refractivity contribution in [2.24, 2.45) is 0 Å². The minimum Gasteiger partial charge on any atom is -1.00 e. The van der Waals surface area contributed by atoms with Crippen molar-refractivity contribution in [3.63, 3.8) is 0 Å². The van der Waals surface area contributed by atoms with Crippen molar-refractivity contribution < 1.29 is 68.2 Å². The van der Waals surface area contributed by atoms with Gasteiger partial charge in [0.25, 0.3) is 0 Å². The predicted octanol–water partition coefficient (Wildman–Crippen LogP) is 2.35. The molecule has 4 rings (SSSR count). The van der Waals surface area contributed by atoms with Crippen LogP contribution in [-0.4, -0.2) is 0 Å². The summed E-state index contributed by atoms with van der Waals surface area (Å²) in [5.41, 5.74) is 2.83. The first-order valence-corrected chi connectivity index (χ1v) is 10.8. The second-order valence-electron chi connectivity index (χ2n) is 6.83. The molecular formula is C28H36Cl2Ti2-2. The number of unbranched alkanes of at least 4 members (excludes halogenated alkanes) is 2. The van der Waals surface area contributed by atoms with E-state index in [1.54, 1.807) is 0 Å². The van der Waals surface area contributed by atoms with Gasteiger partial charge in [0.05, 0.1) is 0 Å². The molecule has 0 aromatic heterocycles. The van der Waals surface area contributed by atoms with Crippen molar-refractivity contribution in [2.45, 2.75) is 78.1 Å². The Morgan fingerprint density at radius 2 is 1.03 bits per heavy atom. The van der Waals surface area contributed by atoms with E-state index in [1.807, 2.05) is 24.3 Å². The Bertz CT molecular complexity index is 560. The molecule has 0 bridgehead atoms. The van der Waals surface area contributed by atoms with E-state index in [1.165, 1.54) is 49.7 Å². The first-order valence-electron chi connectivity index (χ1n) is 10.8. The molecule has 0 saturated carbocycles. The van der Waals surface area contributed by atoms with Gasteiger partial charge in [-0.15, -0.1) is 25.7 Å². The monoisotopic (exact) mass is 538 g/mol. The Hall–Kier alpha value is -0.0714. The van der Waals surface area contributed by atoms with Gasteiger partial charge in [0.15, 0.2) is 0 Å². The van der Waals surface area contributed by atoms with Gasteiger partial charge in [-0.3, -0.25) is 24.3 Å². The second kappa shape index (κ2) is 30.9. The third kappa shape index (κ3) is 24.6. The Kier molecular flexibility index (Phi) is 37.8. The molecule has 4 heteroatoms. The molecule has 0 fully saturated rings. The molecule has 0 saturated heterocycles. The van der Waals surface area contributed by atoms with Crippen molar-refractivity contribution in [1.29, 1.82) is 0 Å². The van der Waals surface area contributed by atoms with Crippen molar-refractivity contribution in [1.82, 2.24) is 0 Å². The van der Waals surface area contributed by atoms with Crippen molar-refractivity contribution >= 4 is 0 Å². The summed E-state index contributed by atoms with van der Waals surface area (Å²) in [4.78, 5) is 0. The van der Waals surface area contributed by atoms with Crippen LogP contribution in [-0.2, 0) is 43.4 Å². The molecule has 0 aliphatic heterocycles. The first-order chi connectivity index (χ1) is 13.9. The van der Waals surface area contributed by atoms with E-state index in [0.29, 0.717) is 0 Å². The maximum absolute atomic E-state index is 3.30. The van der Waals surface area contributed by atoms with E-state index in [4.69, 9.17) is 0 Å². The average molecular weight is 539 g/mol. The largest absolute Gasteiger partial charge is 2.00 e. The molecule has 0 radical (unpaired) electrons. The Morgan fingerprint density at radius 1 is 0.625 bits per heavy atom. The molecule has 0 aromatic rings. The van der Waals surface area contributed by atoms with Crippen LogP contribution in [0.5, 0.6) is 0 Å². The summed E-state index contributed by atoms with van der Waals surface area (Å²) in [6, 6.07) is 0. The molecule has 172 valence electrons. The van der Waals surface area contributed by atoms with Gasteiger partial charge in [-0.1, -0.05) is 52.4 Å². The third-order valence-corrected chi connectivity index (χ3v) is 4.30. The molecule has 32 heavy (non-hydrogen) atoms. The zero-order valence-corrected chi connectivity index (χ0v) is 24.2. The second-order valence-corrected chi connectivity index (χ2v) is 6.83. The molecule has 0 unspecified atom stereocenters. The van der Waals surface area contributed by atoms with Gasteiger partial charge < -0.3 is 24.8 Å². The van der Waals surface area contributed by atoms with E-state index < -0.39 is 0 Å². The fraction of sp³-hybridized carbons (Fsp3) is 0.429. The molecule has 0 spiro atoms. The Balaban J connectivity index is -0.000000161. The SMILES string of the molecule is CCCCC1=[C-]CC=C1.CCCCC1=[C-]CC=C1.[C-]1=CC=CC1.[C-]1=CC=CC1.[Cl-].[Cl-].[Ti+2].[Ti+2]. The van der Waals surface area contributed by atoms with Gasteiger partial charge in [0.1, 0.15) is 0 Å². The van der Waals surface area contributed by atoms with Crippen LogP contribution in [0.1, 0.15) is 78.1 Å². The molecule has 4 aliphatic carbocycles. The minimum absolute atomic E-state index is 0. The summed E-state index contributed by atoms with van der Waals surface area (Å²) < 4.78 is 0. The summed E-state index contributed by atoms with van der Waals surface area (Å²) in [5, 5.41) is 0. The number of hydrogen-bond acceptors (Lipinski definition) is 0. The molecule has 0 atom stereocenters. The summed E-state index contributed by atoms with van der Waals surface area (Å²) >= 11 is 0. The number of allylic oxidation sites excluding steroid dienone is 16. The minimum atomic E-state index is 0. The number of halogens is 2. The first kappa shape index (κ1) is 39.2. The maximum Gasteiger partial charge on any atom is 2.00 e. The molecule has 4 aliphatic rings. The van der Waals surface area contributed by atoms with Crippen LogP contribution in [0.2, 0.25) is 0 Å². The topological polar surface area (TPSA) is 0 Å².